The number of nitrogens with zero attached hydrogens (tertiary/aromatic N) is 1. The molecule has 0 saturated carbocycles. The van der Waals surface area contributed by atoms with Crippen molar-refractivity contribution in [3.05, 3.63) is 58.6 Å². The quantitative estimate of drug-likeness (QED) is 0.914. The minimum atomic E-state index is -0.309. The van der Waals surface area contributed by atoms with Crippen LogP contribution in [-0.2, 0) is 6.54 Å². The summed E-state index contributed by atoms with van der Waals surface area (Å²) in [5.74, 6) is -0.616. The second-order valence-corrected chi connectivity index (χ2v) is 4.90. The first kappa shape index (κ1) is 14.2. The van der Waals surface area contributed by atoms with Crippen LogP contribution in [0.15, 0.2) is 42.5 Å². The van der Waals surface area contributed by atoms with Crippen LogP contribution in [0.2, 0.25) is 5.02 Å². The average Bonchev–Trinajstić information content (AvgIpc) is 2.39. The maximum atomic E-state index is 12.2. The summed E-state index contributed by atoms with van der Waals surface area (Å²) in [6.45, 7) is 0.342. The fourth-order valence-electron chi connectivity index (χ4n) is 1.89. The topological polar surface area (TPSA) is 60.8 Å². The highest BCUT2D eigenvalue weighted by molar-refractivity contribution is 6.31. The van der Waals surface area contributed by atoms with Crippen molar-refractivity contribution in [3.63, 3.8) is 0 Å². The van der Waals surface area contributed by atoms with E-state index >= 15 is 0 Å². The van der Waals surface area contributed by atoms with E-state index in [0.717, 1.165) is 5.56 Å². The standard InChI is InChI=1S/C15H14ClNO3/c1-17(9-10-4-2-3-5-14(10)16)15(20)11-6-12(18)8-13(19)7-11/h2-8,18-19H,9H2,1H3. The van der Waals surface area contributed by atoms with Crippen LogP contribution in [0, 0.1) is 0 Å². The first-order valence-electron chi connectivity index (χ1n) is 5.99. The van der Waals surface area contributed by atoms with E-state index in [2.05, 4.69) is 0 Å². The van der Waals surface area contributed by atoms with E-state index in [1.54, 1.807) is 13.1 Å². The van der Waals surface area contributed by atoms with Crippen molar-refractivity contribution < 1.29 is 15.0 Å². The van der Waals surface area contributed by atoms with Crippen LogP contribution in [0.1, 0.15) is 15.9 Å². The summed E-state index contributed by atoms with van der Waals surface area (Å²) in [6.07, 6.45) is 0. The Labute approximate surface area is 121 Å². The summed E-state index contributed by atoms with van der Waals surface area (Å²) in [5, 5.41) is 19.4. The molecule has 1 amide bonds. The largest absolute Gasteiger partial charge is 0.508 e. The maximum Gasteiger partial charge on any atom is 0.254 e. The van der Waals surface area contributed by atoms with Gasteiger partial charge in [-0.05, 0) is 23.8 Å². The Morgan fingerprint density at radius 3 is 2.35 bits per heavy atom. The molecule has 0 aliphatic heterocycles. The number of phenolic OH excluding ortho intramolecular Hbond substituents is 2. The molecule has 0 heterocycles. The Morgan fingerprint density at radius 2 is 1.75 bits per heavy atom. The lowest BCUT2D eigenvalue weighted by atomic mass is 10.1. The molecule has 0 unspecified atom stereocenters. The highest BCUT2D eigenvalue weighted by Crippen LogP contribution is 2.22. The molecule has 0 aliphatic carbocycles. The second kappa shape index (κ2) is 5.84. The van der Waals surface area contributed by atoms with Crippen molar-refractivity contribution in [1.82, 2.24) is 4.90 Å². The number of aromatic hydroxyl groups is 2. The predicted octanol–water partition coefficient (Wildman–Crippen LogP) is 3.02. The van der Waals surface area contributed by atoms with Gasteiger partial charge in [0.1, 0.15) is 11.5 Å². The molecule has 5 heteroatoms. The van der Waals surface area contributed by atoms with E-state index in [9.17, 15) is 15.0 Å². The molecule has 0 aliphatic rings. The Hall–Kier alpha value is -2.20. The highest BCUT2D eigenvalue weighted by atomic mass is 35.5. The molecule has 2 aromatic rings. The van der Waals surface area contributed by atoms with Crippen LogP contribution < -0.4 is 0 Å². The molecule has 0 spiro atoms. The molecule has 2 aromatic carbocycles. The van der Waals surface area contributed by atoms with Gasteiger partial charge in [-0.2, -0.15) is 0 Å². The van der Waals surface area contributed by atoms with Crippen molar-refractivity contribution in [2.24, 2.45) is 0 Å². The van der Waals surface area contributed by atoms with Gasteiger partial charge in [0.25, 0.3) is 5.91 Å². The van der Waals surface area contributed by atoms with Gasteiger partial charge in [0.2, 0.25) is 0 Å². The van der Waals surface area contributed by atoms with Crippen molar-refractivity contribution in [2.45, 2.75) is 6.54 Å². The Morgan fingerprint density at radius 1 is 1.15 bits per heavy atom. The molecule has 0 saturated heterocycles. The molecule has 2 N–H and O–H groups in total. The monoisotopic (exact) mass is 291 g/mol. The number of phenols is 2. The molecule has 0 radical (unpaired) electrons. The van der Waals surface area contributed by atoms with Gasteiger partial charge >= 0.3 is 0 Å². The SMILES string of the molecule is CN(Cc1ccccc1Cl)C(=O)c1cc(O)cc(O)c1. The van der Waals surface area contributed by atoms with E-state index in [1.165, 1.54) is 23.1 Å². The highest BCUT2D eigenvalue weighted by Gasteiger charge is 2.14. The summed E-state index contributed by atoms with van der Waals surface area (Å²) < 4.78 is 0. The number of amides is 1. The molecule has 2 rings (SSSR count). The lowest BCUT2D eigenvalue weighted by molar-refractivity contribution is 0.0784. The fraction of sp³-hybridized carbons (Fsp3) is 0.133. The zero-order valence-electron chi connectivity index (χ0n) is 10.9. The molecular formula is C15H14ClNO3. The molecule has 20 heavy (non-hydrogen) atoms. The van der Waals surface area contributed by atoms with Crippen molar-refractivity contribution in [2.75, 3.05) is 7.05 Å². The summed E-state index contributed by atoms with van der Waals surface area (Å²) in [4.78, 5) is 13.7. The van der Waals surface area contributed by atoms with Crippen LogP contribution >= 0.6 is 11.6 Å². The molecule has 0 aromatic heterocycles. The average molecular weight is 292 g/mol. The minimum absolute atomic E-state index is 0.153. The first-order chi connectivity index (χ1) is 9.47. The Bertz CT molecular complexity index is 623. The van der Waals surface area contributed by atoms with Gasteiger partial charge in [-0.1, -0.05) is 29.8 Å². The number of benzene rings is 2. The Balaban J connectivity index is 2.18. The van der Waals surface area contributed by atoms with E-state index in [-0.39, 0.29) is 23.0 Å². The predicted molar refractivity (Wildman–Crippen MR) is 77.0 cm³/mol. The zero-order chi connectivity index (χ0) is 14.7. The Kier molecular flexibility index (Phi) is 4.15. The van der Waals surface area contributed by atoms with E-state index in [4.69, 9.17) is 11.6 Å². The van der Waals surface area contributed by atoms with Crippen LogP contribution in [0.5, 0.6) is 11.5 Å². The minimum Gasteiger partial charge on any atom is -0.508 e. The molecule has 4 nitrogen and oxygen atoms in total. The number of carbonyl (C=O) groups excluding carboxylic acids is 1. The van der Waals surface area contributed by atoms with Crippen LogP contribution in [0.25, 0.3) is 0 Å². The molecule has 104 valence electrons. The third-order valence-electron chi connectivity index (χ3n) is 2.86. The van der Waals surface area contributed by atoms with Gasteiger partial charge in [-0.15, -0.1) is 0 Å². The lowest BCUT2D eigenvalue weighted by Gasteiger charge is -2.18. The van der Waals surface area contributed by atoms with Gasteiger partial charge in [0.05, 0.1) is 0 Å². The van der Waals surface area contributed by atoms with E-state index in [1.807, 2.05) is 18.2 Å². The number of hydrogen-bond donors (Lipinski definition) is 2. The molecule has 0 atom stereocenters. The molecule has 0 bridgehead atoms. The zero-order valence-corrected chi connectivity index (χ0v) is 11.6. The number of rotatable bonds is 3. The van der Waals surface area contributed by atoms with E-state index in [0.29, 0.717) is 11.6 Å². The van der Waals surface area contributed by atoms with Gasteiger partial charge in [0.15, 0.2) is 0 Å². The van der Waals surface area contributed by atoms with Crippen LogP contribution in [0.3, 0.4) is 0 Å². The van der Waals surface area contributed by atoms with Crippen molar-refractivity contribution in [1.29, 1.82) is 0 Å². The summed E-state index contributed by atoms with van der Waals surface area (Å²) in [7, 11) is 1.63. The third kappa shape index (κ3) is 3.22. The van der Waals surface area contributed by atoms with Gasteiger partial charge < -0.3 is 15.1 Å². The third-order valence-corrected chi connectivity index (χ3v) is 3.23. The van der Waals surface area contributed by atoms with E-state index < -0.39 is 0 Å². The number of hydrogen-bond acceptors (Lipinski definition) is 3. The smallest absolute Gasteiger partial charge is 0.254 e. The fourth-order valence-corrected chi connectivity index (χ4v) is 2.09. The lowest BCUT2D eigenvalue weighted by Crippen LogP contribution is -2.26. The van der Waals surface area contributed by atoms with Gasteiger partial charge in [-0.25, -0.2) is 0 Å². The number of carbonyl (C=O) groups is 1. The van der Waals surface area contributed by atoms with Crippen LogP contribution in [0.4, 0.5) is 0 Å². The van der Waals surface area contributed by atoms with Gasteiger partial charge in [0, 0.05) is 30.2 Å². The second-order valence-electron chi connectivity index (χ2n) is 4.49. The van der Waals surface area contributed by atoms with Gasteiger partial charge in [-0.3, -0.25) is 4.79 Å². The van der Waals surface area contributed by atoms with Crippen molar-refractivity contribution in [3.8, 4) is 11.5 Å². The maximum absolute atomic E-state index is 12.2. The number of halogens is 1. The summed E-state index contributed by atoms with van der Waals surface area (Å²) >= 11 is 6.05. The van der Waals surface area contributed by atoms with Crippen LogP contribution in [-0.4, -0.2) is 28.1 Å². The first-order valence-corrected chi connectivity index (χ1v) is 6.37. The summed E-state index contributed by atoms with van der Waals surface area (Å²) in [5.41, 5.74) is 1.05. The molecule has 0 fully saturated rings. The summed E-state index contributed by atoms with van der Waals surface area (Å²) in [6, 6.07) is 11.1. The molecular weight excluding hydrogens is 278 g/mol. The normalized spacial score (nSPS) is 10.3. The van der Waals surface area contributed by atoms with Crippen molar-refractivity contribution >= 4 is 17.5 Å².